The van der Waals surface area contributed by atoms with Crippen molar-refractivity contribution in [3.8, 4) is 11.5 Å². The molecule has 0 bridgehead atoms. The fourth-order valence-corrected chi connectivity index (χ4v) is 4.35. The molecular weight excluding hydrogens is 471 g/mol. The molecule has 1 aliphatic rings. The van der Waals surface area contributed by atoms with Crippen LogP contribution in [0.3, 0.4) is 0 Å². The molecule has 0 saturated carbocycles. The van der Waals surface area contributed by atoms with Gasteiger partial charge in [0.2, 0.25) is 0 Å². The van der Waals surface area contributed by atoms with E-state index in [1.807, 2.05) is 0 Å². The summed E-state index contributed by atoms with van der Waals surface area (Å²) in [6.45, 7) is 4.07. The Kier molecular flexibility index (Phi) is 9.96. The number of amides is 1. The van der Waals surface area contributed by atoms with E-state index in [2.05, 4.69) is 20.9 Å². The van der Waals surface area contributed by atoms with Crippen molar-refractivity contribution in [1.82, 2.24) is 16.0 Å². The van der Waals surface area contributed by atoms with Crippen molar-refractivity contribution in [1.29, 1.82) is 0 Å². The number of nitrogens with zero attached hydrogens (tertiary/aromatic N) is 1. The van der Waals surface area contributed by atoms with Gasteiger partial charge in [-0.1, -0.05) is 0 Å². The Morgan fingerprint density at radius 2 is 2.16 bits per heavy atom. The van der Waals surface area contributed by atoms with Crippen LogP contribution in [-0.2, 0) is 9.53 Å². The summed E-state index contributed by atoms with van der Waals surface area (Å²) < 4.78 is 8.80. The molecule has 170 valence electrons. The van der Waals surface area contributed by atoms with Gasteiger partial charge in [-0.15, -0.1) is 0 Å². The summed E-state index contributed by atoms with van der Waals surface area (Å²) in [5.41, 5.74) is -0.0218. The zero-order chi connectivity index (χ0) is 22.6. The summed E-state index contributed by atoms with van der Waals surface area (Å²) in [5.74, 6) is -1.01. The van der Waals surface area contributed by atoms with Gasteiger partial charge < -0.3 is 5.32 Å². The second kappa shape index (κ2) is 12.7. The molecular formula is C19H27AsN4O7. The van der Waals surface area contributed by atoms with E-state index in [9.17, 15) is 24.6 Å². The van der Waals surface area contributed by atoms with Crippen molar-refractivity contribution in [3.63, 3.8) is 0 Å². The summed E-state index contributed by atoms with van der Waals surface area (Å²) in [6.07, 6.45) is 1.00. The van der Waals surface area contributed by atoms with Crippen LogP contribution in [0, 0.1) is 0 Å². The quantitative estimate of drug-likeness (QED) is 0.208. The standard InChI is InChI=1S/C19H27AsN4O7/c1-2-30-18(29)20-14(17(27)28)11-24-16(26)13-5-4-12(10-15(13)25)31-9-8-23-19-21-6-3-7-22-19/h4-5,10,14,20,25H,2-3,6-9,11H2,1H3,(H,24,26)(H,27,28)(H2,21,22,23)/t14-/m0/s1. The molecule has 0 aromatic heterocycles. The fourth-order valence-electron chi connectivity index (χ4n) is 2.59. The third kappa shape index (κ3) is 8.37. The first-order chi connectivity index (χ1) is 14.9. The van der Waals surface area contributed by atoms with Gasteiger partial charge in [-0.25, -0.2) is 0 Å². The van der Waals surface area contributed by atoms with Crippen LogP contribution in [0.1, 0.15) is 23.7 Å². The van der Waals surface area contributed by atoms with Gasteiger partial charge in [0.15, 0.2) is 5.96 Å². The van der Waals surface area contributed by atoms with E-state index in [0.717, 1.165) is 25.5 Å². The zero-order valence-corrected chi connectivity index (χ0v) is 19.2. The molecule has 12 heteroatoms. The number of carboxylic acids is 1. The number of guanidine groups is 1. The summed E-state index contributed by atoms with van der Waals surface area (Å²) in [4.78, 5) is 39.5. The van der Waals surface area contributed by atoms with Gasteiger partial charge in [0.05, 0.1) is 0 Å². The molecule has 1 heterocycles. The van der Waals surface area contributed by atoms with Crippen LogP contribution in [0.5, 0.6) is 11.5 Å². The molecule has 5 N–H and O–H groups in total. The number of rotatable bonds is 11. The first-order valence-electron chi connectivity index (χ1n) is 9.83. The van der Waals surface area contributed by atoms with E-state index in [0.29, 0.717) is 18.9 Å². The molecule has 2 rings (SSSR count). The van der Waals surface area contributed by atoms with E-state index in [1.165, 1.54) is 18.2 Å². The molecule has 0 aliphatic carbocycles. The molecule has 1 aromatic rings. The predicted octanol–water partition coefficient (Wildman–Crippen LogP) is -0.0942. The maximum atomic E-state index is 12.3. The number of hydrogen-bond donors (Lipinski definition) is 5. The number of carboxylic acid groups (broad SMARTS) is 1. The third-order valence-electron chi connectivity index (χ3n) is 4.11. The fraction of sp³-hybridized carbons (Fsp3) is 0.474. The maximum absolute atomic E-state index is 12.3. The number of aromatic hydroxyl groups is 1. The molecule has 0 saturated heterocycles. The van der Waals surface area contributed by atoms with Crippen molar-refractivity contribution in [2.24, 2.45) is 4.99 Å². The van der Waals surface area contributed by atoms with Gasteiger partial charge in [-0.3, -0.25) is 4.99 Å². The number of nitrogens with one attached hydrogen (secondary N) is 3. The number of ether oxygens (including phenoxy) is 2. The number of aliphatic carboxylic acids is 1. The second-order valence-electron chi connectivity index (χ2n) is 6.43. The Balaban J connectivity index is 1.82. The first kappa shape index (κ1) is 24.3. The molecule has 1 amide bonds. The van der Waals surface area contributed by atoms with Crippen LogP contribution >= 0.6 is 0 Å². The summed E-state index contributed by atoms with van der Waals surface area (Å²) in [7, 11) is 0. The second-order valence-corrected chi connectivity index (χ2v) is 9.35. The van der Waals surface area contributed by atoms with E-state index >= 15 is 0 Å². The van der Waals surface area contributed by atoms with Crippen LogP contribution in [0.25, 0.3) is 0 Å². The van der Waals surface area contributed by atoms with Crippen molar-refractivity contribution in [2.45, 2.75) is 18.1 Å². The Morgan fingerprint density at radius 3 is 2.81 bits per heavy atom. The van der Waals surface area contributed by atoms with Crippen LogP contribution in [0.2, 0.25) is 4.71 Å². The van der Waals surface area contributed by atoms with Gasteiger partial charge in [0, 0.05) is 13.1 Å². The molecule has 2 atom stereocenters. The molecule has 0 spiro atoms. The number of benzene rings is 1. The molecule has 11 nitrogen and oxygen atoms in total. The van der Waals surface area contributed by atoms with Gasteiger partial charge in [-0.2, -0.15) is 0 Å². The number of phenolic OH excluding ortho intramolecular Hbond substituents is 1. The minimum absolute atomic E-state index is 0.0218. The Morgan fingerprint density at radius 1 is 1.35 bits per heavy atom. The average Bonchev–Trinajstić information content (AvgIpc) is 2.74. The van der Waals surface area contributed by atoms with Gasteiger partial charge in [-0.05, 0) is 6.42 Å². The van der Waals surface area contributed by atoms with Crippen LogP contribution < -0.4 is 20.7 Å². The van der Waals surface area contributed by atoms with Gasteiger partial charge >= 0.3 is 150 Å². The summed E-state index contributed by atoms with van der Waals surface area (Å²) in [6, 6.07) is 4.23. The monoisotopic (exact) mass is 498 g/mol. The van der Waals surface area contributed by atoms with E-state index in [4.69, 9.17) is 9.47 Å². The SMILES string of the molecule is CCOC(=O)[AsH][C@@H](CNC(=O)c1ccc(OCCNC2=NCCCN2)cc1O)C(=O)O. The number of aliphatic imine (C=N–C) groups is 1. The number of phenols is 1. The summed E-state index contributed by atoms with van der Waals surface area (Å²) >= 11 is -1.61. The van der Waals surface area contributed by atoms with Crippen LogP contribution in [0.15, 0.2) is 23.2 Å². The van der Waals surface area contributed by atoms with E-state index in [1.54, 1.807) is 6.92 Å². The molecule has 31 heavy (non-hydrogen) atoms. The summed E-state index contributed by atoms with van der Waals surface area (Å²) in [5, 5.41) is 28.1. The van der Waals surface area contributed by atoms with E-state index in [-0.39, 0.29) is 24.5 Å². The molecule has 1 aliphatic heterocycles. The molecule has 1 unspecified atom stereocenters. The minimum atomic E-state index is -1.61. The molecule has 0 fully saturated rings. The Bertz CT molecular complexity index is 818. The normalized spacial score (nSPS) is 14.3. The molecule has 1 aromatic carbocycles. The Hall–Kier alpha value is -2.94. The third-order valence-corrected chi connectivity index (χ3v) is 6.58. The van der Waals surface area contributed by atoms with E-state index < -0.39 is 37.1 Å². The Labute approximate surface area is 186 Å². The van der Waals surface area contributed by atoms with Crippen LogP contribution in [0.4, 0.5) is 4.79 Å². The number of carbonyl (C=O) groups excluding carboxylic acids is 2. The van der Waals surface area contributed by atoms with Crippen molar-refractivity contribution < 1.29 is 34.1 Å². The average molecular weight is 498 g/mol. The topological polar surface area (TPSA) is 159 Å². The molecule has 0 radical (unpaired) electrons. The first-order valence-corrected chi connectivity index (χ1v) is 12.1. The zero-order valence-electron chi connectivity index (χ0n) is 17.1. The van der Waals surface area contributed by atoms with Gasteiger partial charge in [0.1, 0.15) is 0 Å². The number of hydrogen-bond acceptors (Lipinski definition) is 9. The van der Waals surface area contributed by atoms with Crippen molar-refractivity contribution in [2.75, 3.05) is 39.4 Å². The van der Waals surface area contributed by atoms with Crippen LogP contribution in [-0.4, -0.2) is 88.0 Å². The predicted molar refractivity (Wildman–Crippen MR) is 114 cm³/mol. The number of carbonyl (C=O) groups is 3. The van der Waals surface area contributed by atoms with Gasteiger partial charge in [0.25, 0.3) is 0 Å². The van der Waals surface area contributed by atoms with Crippen molar-refractivity contribution in [3.05, 3.63) is 23.8 Å². The van der Waals surface area contributed by atoms with Crippen molar-refractivity contribution >= 4 is 38.3 Å².